The predicted octanol–water partition coefficient (Wildman–Crippen LogP) is 2.67. The Morgan fingerprint density at radius 1 is 1.33 bits per heavy atom. The summed E-state index contributed by atoms with van der Waals surface area (Å²) in [6.45, 7) is 6.88. The van der Waals surface area contributed by atoms with E-state index in [1.807, 2.05) is 0 Å². The second kappa shape index (κ2) is 7.17. The number of hydrogen-bond acceptors (Lipinski definition) is 3. The second-order valence-electron chi connectivity index (χ2n) is 4.75. The Morgan fingerprint density at radius 2 is 1.94 bits per heavy atom. The normalized spacial score (nSPS) is 14.0. The van der Waals surface area contributed by atoms with Crippen molar-refractivity contribution in [3.8, 4) is 0 Å². The summed E-state index contributed by atoms with van der Waals surface area (Å²) < 4.78 is 4.84. The van der Waals surface area contributed by atoms with Crippen LogP contribution in [0, 0.1) is 12.8 Å². The van der Waals surface area contributed by atoms with E-state index in [4.69, 9.17) is 4.74 Å². The van der Waals surface area contributed by atoms with Crippen LogP contribution in [0.15, 0.2) is 24.3 Å². The molecule has 3 nitrogen and oxygen atoms in total. The Morgan fingerprint density at radius 3 is 2.44 bits per heavy atom. The van der Waals surface area contributed by atoms with E-state index in [1.54, 1.807) is 0 Å². The minimum absolute atomic E-state index is 0.184. The van der Waals surface area contributed by atoms with Crippen LogP contribution in [0.4, 0.5) is 0 Å². The lowest BCUT2D eigenvalue weighted by Crippen LogP contribution is -2.42. The molecule has 0 aliphatic carbocycles. The van der Waals surface area contributed by atoms with Gasteiger partial charge in [-0.05, 0) is 18.4 Å². The molecule has 1 aromatic rings. The third-order valence-corrected chi connectivity index (χ3v) is 3.31. The van der Waals surface area contributed by atoms with Gasteiger partial charge in [-0.2, -0.15) is 0 Å². The van der Waals surface area contributed by atoms with Gasteiger partial charge in [-0.1, -0.05) is 50.1 Å². The van der Waals surface area contributed by atoms with Crippen LogP contribution in [0.5, 0.6) is 0 Å². The lowest BCUT2D eigenvalue weighted by molar-refractivity contribution is -0.144. The van der Waals surface area contributed by atoms with Crippen molar-refractivity contribution < 1.29 is 9.53 Å². The first-order chi connectivity index (χ1) is 8.58. The van der Waals surface area contributed by atoms with Crippen molar-refractivity contribution in [2.75, 3.05) is 7.11 Å². The van der Waals surface area contributed by atoms with Crippen LogP contribution in [0.2, 0.25) is 0 Å². The van der Waals surface area contributed by atoms with Gasteiger partial charge in [0.1, 0.15) is 6.04 Å². The molecule has 18 heavy (non-hydrogen) atoms. The third-order valence-electron chi connectivity index (χ3n) is 3.31. The number of nitrogens with one attached hydrogen (secondary N) is 1. The van der Waals surface area contributed by atoms with Gasteiger partial charge >= 0.3 is 5.97 Å². The Hall–Kier alpha value is -1.35. The molecule has 0 radical (unpaired) electrons. The number of benzene rings is 1. The molecule has 3 heteroatoms. The average Bonchev–Trinajstić information content (AvgIpc) is 2.40. The van der Waals surface area contributed by atoms with Crippen LogP contribution in [0.3, 0.4) is 0 Å². The first-order valence-electron chi connectivity index (χ1n) is 6.45. The maximum absolute atomic E-state index is 11.7. The summed E-state index contributed by atoms with van der Waals surface area (Å²) in [6.07, 6.45) is 0.945. The summed E-state index contributed by atoms with van der Waals surface area (Å²) in [5, 5.41) is 3.28. The van der Waals surface area contributed by atoms with Gasteiger partial charge in [0.05, 0.1) is 7.11 Å². The van der Waals surface area contributed by atoms with E-state index in [1.165, 1.54) is 18.2 Å². The van der Waals surface area contributed by atoms with Crippen LogP contribution in [0.25, 0.3) is 0 Å². The summed E-state index contributed by atoms with van der Waals surface area (Å²) in [5.74, 6) is 0.0827. The van der Waals surface area contributed by atoms with Gasteiger partial charge in [0.2, 0.25) is 0 Å². The average molecular weight is 249 g/mol. The maximum Gasteiger partial charge on any atom is 0.323 e. The summed E-state index contributed by atoms with van der Waals surface area (Å²) >= 11 is 0. The molecule has 0 aromatic heterocycles. The largest absolute Gasteiger partial charge is 0.468 e. The zero-order valence-electron chi connectivity index (χ0n) is 11.7. The number of carbonyl (C=O) groups excluding carboxylic acids is 1. The topological polar surface area (TPSA) is 38.3 Å². The first kappa shape index (κ1) is 14.7. The van der Waals surface area contributed by atoms with Crippen molar-refractivity contribution in [1.82, 2.24) is 5.32 Å². The Bertz CT molecular complexity index is 373. The fraction of sp³-hybridized carbons (Fsp3) is 0.533. The van der Waals surface area contributed by atoms with Gasteiger partial charge in [-0.25, -0.2) is 0 Å². The predicted molar refractivity (Wildman–Crippen MR) is 73.3 cm³/mol. The van der Waals surface area contributed by atoms with Crippen LogP contribution >= 0.6 is 0 Å². The fourth-order valence-corrected chi connectivity index (χ4v) is 1.81. The smallest absolute Gasteiger partial charge is 0.323 e. The molecular weight excluding hydrogens is 226 g/mol. The highest BCUT2D eigenvalue weighted by Gasteiger charge is 2.23. The van der Waals surface area contributed by atoms with E-state index < -0.39 is 0 Å². The number of carbonyl (C=O) groups is 1. The first-order valence-corrected chi connectivity index (χ1v) is 6.45. The van der Waals surface area contributed by atoms with Crippen LogP contribution in [-0.2, 0) is 16.1 Å². The minimum atomic E-state index is -0.235. The van der Waals surface area contributed by atoms with E-state index in [9.17, 15) is 4.79 Å². The molecular formula is C15H23NO2. The van der Waals surface area contributed by atoms with E-state index in [0.29, 0.717) is 6.54 Å². The lowest BCUT2D eigenvalue weighted by Gasteiger charge is -2.22. The van der Waals surface area contributed by atoms with Gasteiger partial charge in [0.15, 0.2) is 0 Å². The lowest BCUT2D eigenvalue weighted by atomic mass is 9.99. The summed E-state index contributed by atoms with van der Waals surface area (Å²) in [6, 6.07) is 8.07. The number of esters is 1. The molecule has 0 bridgehead atoms. The molecule has 1 aromatic carbocycles. The van der Waals surface area contributed by atoms with Crippen LogP contribution in [-0.4, -0.2) is 19.1 Å². The highest BCUT2D eigenvalue weighted by atomic mass is 16.5. The van der Waals surface area contributed by atoms with Gasteiger partial charge in [-0.15, -0.1) is 0 Å². The summed E-state index contributed by atoms with van der Waals surface area (Å²) in [5.41, 5.74) is 2.42. The van der Waals surface area contributed by atoms with Gasteiger partial charge in [-0.3, -0.25) is 4.79 Å². The second-order valence-corrected chi connectivity index (χ2v) is 4.75. The number of hydrogen-bond donors (Lipinski definition) is 1. The molecule has 2 atom stereocenters. The summed E-state index contributed by atoms with van der Waals surface area (Å²) in [7, 11) is 1.44. The van der Waals surface area contributed by atoms with Crippen LogP contribution < -0.4 is 5.32 Å². The van der Waals surface area contributed by atoms with Gasteiger partial charge in [0, 0.05) is 6.54 Å². The number of ether oxygens (including phenoxy) is 1. The molecule has 0 saturated heterocycles. The van der Waals surface area contributed by atoms with Crippen molar-refractivity contribution in [3.63, 3.8) is 0 Å². The van der Waals surface area contributed by atoms with Crippen molar-refractivity contribution in [2.24, 2.45) is 5.92 Å². The minimum Gasteiger partial charge on any atom is -0.468 e. The monoisotopic (exact) mass is 249 g/mol. The molecule has 2 unspecified atom stereocenters. The van der Waals surface area contributed by atoms with Crippen molar-refractivity contribution >= 4 is 5.97 Å². The maximum atomic E-state index is 11.7. The third kappa shape index (κ3) is 4.15. The fourth-order valence-electron chi connectivity index (χ4n) is 1.81. The molecule has 0 spiro atoms. The molecule has 1 N–H and O–H groups in total. The zero-order valence-corrected chi connectivity index (χ0v) is 11.7. The van der Waals surface area contributed by atoms with E-state index in [-0.39, 0.29) is 17.9 Å². The Balaban J connectivity index is 2.61. The van der Waals surface area contributed by atoms with E-state index in [2.05, 4.69) is 50.4 Å². The van der Waals surface area contributed by atoms with Gasteiger partial charge < -0.3 is 10.1 Å². The quantitative estimate of drug-likeness (QED) is 0.788. The molecule has 0 heterocycles. The van der Waals surface area contributed by atoms with Gasteiger partial charge in [0.25, 0.3) is 0 Å². The summed E-state index contributed by atoms with van der Waals surface area (Å²) in [4.78, 5) is 11.7. The molecule has 0 saturated carbocycles. The standard InChI is InChI=1S/C15H23NO2/c1-5-12(3)14(15(17)18-4)16-10-13-8-6-11(2)7-9-13/h6-9,12,14,16H,5,10H2,1-4H3. The molecule has 0 fully saturated rings. The molecule has 0 amide bonds. The SMILES string of the molecule is CCC(C)C(NCc1ccc(C)cc1)C(=O)OC. The van der Waals surface area contributed by atoms with Crippen LogP contribution in [0.1, 0.15) is 31.4 Å². The Labute approximate surface area is 110 Å². The van der Waals surface area contributed by atoms with Crippen molar-refractivity contribution in [3.05, 3.63) is 35.4 Å². The van der Waals surface area contributed by atoms with E-state index in [0.717, 1.165) is 6.42 Å². The number of methoxy groups -OCH3 is 1. The van der Waals surface area contributed by atoms with Crippen molar-refractivity contribution in [2.45, 2.75) is 39.8 Å². The zero-order chi connectivity index (χ0) is 13.5. The Kier molecular flexibility index (Phi) is 5.86. The highest BCUT2D eigenvalue weighted by Crippen LogP contribution is 2.11. The van der Waals surface area contributed by atoms with E-state index >= 15 is 0 Å². The number of rotatable bonds is 6. The highest BCUT2D eigenvalue weighted by molar-refractivity contribution is 5.75. The molecule has 1 rings (SSSR count). The molecule has 100 valence electrons. The van der Waals surface area contributed by atoms with Crippen molar-refractivity contribution in [1.29, 1.82) is 0 Å². The molecule has 0 aliphatic heterocycles. The molecule has 0 aliphatic rings. The number of aryl methyl sites for hydroxylation is 1.